The van der Waals surface area contributed by atoms with Crippen molar-refractivity contribution in [2.24, 2.45) is 10.9 Å². The van der Waals surface area contributed by atoms with Gasteiger partial charge >= 0.3 is 0 Å². The Morgan fingerprint density at radius 3 is 2.95 bits per heavy atom. The highest BCUT2D eigenvalue weighted by molar-refractivity contribution is 14.0. The largest absolute Gasteiger partial charge is 0.356 e. The molecular formula is C15H26IN3S2. The Morgan fingerprint density at radius 1 is 1.48 bits per heavy atom. The molecule has 2 rings (SSSR count). The summed E-state index contributed by atoms with van der Waals surface area (Å²) in [4.78, 5) is 5.77. The average molecular weight is 439 g/mol. The van der Waals surface area contributed by atoms with Crippen LogP contribution in [0.25, 0.3) is 0 Å². The highest BCUT2D eigenvalue weighted by atomic mass is 127. The molecule has 0 amide bonds. The van der Waals surface area contributed by atoms with E-state index in [4.69, 9.17) is 0 Å². The zero-order valence-electron chi connectivity index (χ0n) is 12.8. The standard InChI is InChI=1S/C15H25N3S2.HI/c1-12(9-13-5-3-7-19-13)10-17-15(16-2)18-11-14-6-4-8-20-14;/h3,5,7,12,14H,4,6,8-11H2,1-2H3,(H2,16,17,18);1H. The van der Waals surface area contributed by atoms with E-state index in [9.17, 15) is 0 Å². The Balaban J connectivity index is 0.00000220. The minimum absolute atomic E-state index is 0. The average Bonchev–Trinajstić information content (AvgIpc) is 3.12. The summed E-state index contributed by atoms with van der Waals surface area (Å²) in [5, 5.41) is 9.80. The number of nitrogens with one attached hydrogen (secondary N) is 2. The quantitative estimate of drug-likeness (QED) is 0.404. The molecular weight excluding hydrogens is 413 g/mol. The smallest absolute Gasteiger partial charge is 0.191 e. The monoisotopic (exact) mass is 439 g/mol. The summed E-state index contributed by atoms with van der Waals surface area (Å²) in [6.45, 7) is 4.28. The molecule has 0 radical (unpaired) electrons. The van der Waals surface area contributed by atoms with Crippen LogP contribution in [0.5, 0.6) is 0 Å². The van der Waals surface area contributed by atoms with Gasteiger partial charge in [0.15, 0.2) is 5.96 Å². The molecule has 0 aromatic carbocycles. The molecule has 3 nitrogen and oxygen atoms in total. The van der Waals surface area contributed by atoms with E-state index in [1.54, 1.807) is 0 Å². The van der Waals surface area contributed by atoms with Crippen molar-refractivity contribution in [3.63, 3.8) is 0 Å². The molecule has 0 spiro atoms. The van der Waals surface area contributed by atoms with Crippen LogP contribution < -0.4 is 10.6 Å². The third kappa shape index (κ3) is 7.23. The maximum absolute atomic E-state index is 4.31. The van der Waals surface area contributed by atoms with Gasteiger partial charge in [-0.3, -0.25) is 4.99 Å². The van der Waals surface area contributed by atoms with Gasteiger partial charge in [0.05, 0.1) is 0 Å². The topological polar surface area (TPSA) is 36.4 Å². The number of hydrogen-bond donors (Lipinski definition) is 2. The van der Waals surface area contributed by atoms with Gasteiger partial charge < -0.3 is 10.6 Å². The third-order valence-corrected chi connectivity index (χ3v) is 5.79. The van der Waals surface area contributed by atoms with Crippen molar-refractivity contribution in [3.8, 4) is 0 Å². The molecule has 120 valence electrons. The van der Waals surface area contributed by atoms with Crippen molar-refractivity contribution in [1.82, 2.24) is 10.6 Å². The molecule has 2 atom stereocenters. The third-order valence-electron chi connectivity index (χ3n) is 3.49. The van der Waals surface area contributed by atoms with Gasteiger partial charge in [0.1, 0.15) is 0 Å². The lowest BCUT2D eigenvalue weighted by molar-refractivity contribution is 0.561. The van der Waals surface area contributed by atoms with E-state index in [1.165, 1.54) is 23.5 Å². The minimum Gasteiger partial charge on any atom is -0.356 e. The van der Waals surface area contributed by atoms with Gasteiger partial charge in [-0.2, -0.15) is 11.8 Å². The summed E-state index contributed by atoms with van der Waals surface area (Å²) in [6, 6.07) is 4.34. The summed E-state index contributed by atoms with van der Waals surface area (Å²) >= 11 is 3.92. The Morgan fingerprint density at radius 2 is 2.33 bits per heavy atom. The zero-order valence-corrected chi connectivity index (χ0v) is 16.8. The molecule has 1 fully saturated rings. The molecule has 0 saturated carbocycles. The Labute approximate surface area is 153 Å². The summed E-state index contributed by atoms with van der Waals surface area (Å²) in [5.74, 6) is 2.87. The first-order chi connectivity index (χ1) is 9.78. The molecule has 6 heteroatoms. The molecule has 2 unspecified atom stereocenters. The van der Waals surface area contributed by atoms with E-state index in [2.05, 4.69) is 51.8 Å². The van der Waals surface area contributed by atoms with Crippen molar-refractivity contribution >= 4 is 53.0 Å². The molecule has 1 aromatic heterocycles. The molecule has 1 saturated heterocycles. The number of hydrogen-bond acceptors (Lipinski definition) is 3. The number of aliphatic imine (C=N–C) groups is 1. The van der Waals surface area contributed by atoms with Crippen LogP contribution in [0.2, 0.25) is 0 Å². The van der Waals surface area contributed by atoms with E-state index >= 15 is 0 Å². The van der Waals surface area contributed by atoms with Crippen molar-refractivity contribution in [2.75, 3.05) is 25.9 Å². The zero-order chi connectivity index (χ0) is 14.2. The van der Waals surface area contributed by atoms with Crippen LogP contribution in [0.1, 0.15) is 24.6 Å². The van der Waals surface area contributed by atoms with Crippen LogP contribution in [-0.4, -0.2) is 37.1 Å². The van der Waals surface area contributed by atoms with Crippen LogP contribution >= 0.6 is 47.1 Å². The van der Waals surface area contributed by atoms with Gasteiger partial charge in [-0.1, -0.05) is 13.0 Å². The van der Waals surface area contributed by atoms with E-state index in [1.807, 2.05) is 18.4 Å². The second kappa shape index (κ2) is 10.7. The number of nitrogens with zero attached hydrogens (tertiary/aromatic N) is 1. The number of thiophene rings is 1. The number of guanidine groups is 1. The second-order valence-electron chi connectivity index (χ2n) is 5.36. The fourth-order valence-corrected chi connectivity index (χ4v) is 4.42. The van der Waals surface area contributed by atoms with E-state index in [-0.39, 0.29) is 24.0 Å². The molecule has 2 heterocycles. The molecule has 0 bridgehead atoms. The maximum Gasteiger partial charge on any atom is 0.191 e. The highest BCUT2D eigenvalue weighted by Gasteiger charge is 2.15. The first-order valence-electron chi connectivity index (χ1n) is 7.36. The Bertz CT molecular complexity index is 403. The SMILES string of the molecule is CN=C(NCC(C)Cc1cccs1)NCC1CCCS1.I. The summed E-state index contributed by atoms with van der Waals surface area (Å²) in [6.07, 6.45) is 3.84. The predicted molar refractivity (Wildman–Crippen MR) is 107 cm³/mol. The fourth-order valence-electron chi connectivity index (χ4n) is 2.35. The molecule has 1 aliphatic rings. The molecule has 1 aromatic rings. The highest BCUT2D eigenvalue weighted by Crippen LogP contribution is 2.25. The fraction of sp³-hybridized carbons (Fsp3) is 0.667. The van der Waals surface area contributed by atoms with Crippen molar-refractivity contribution in [1.29, 1.82) is 0 Å². The molecule has 21 heavy (non-hydrogen) atoms. The van der Waals surface area contributed by atoms with Gasteiger partial charge in [0, 0.05) is 30.3 Å². The first kappa shape index (κ1) is 19.1. The summed E-state index contributed by atoms with van der Waals surface area (Å²) in [7, 11) is 1.85. The summed E-state index contributed by atoms with van der Waals surface area (Å²) in [5.41, 5.74) is 0. The number of rotatable bonds is 6. The predicted octanol–water partition coefficient (Wildman–Crippen LogP) is 3.61. The maximum atomic E-state index is 4.31. The van der Waals surface area contributed by atoms with Crippen LogP contribution in [0.15, 0.2) is 22.5 Å². The van der Waals surface area contributed by atoms with Gasteiger partial charge in [0.2, 0.25) is 0 Å². The second-order valence-corrected chi connectivity index (χ2v) is 7.80. The Hall–Kier alpha value is 0.0500. The van der Waals surface area contributed by atoms with Gasteiger partial charge in [-0.05, 0) is 42.4 Å². The Kier molecular flexibility index (Phi) is 9.75. The summed E-state index contributed by atoms with van der Waals surface area (Å²) < 4.78 is 0. The molecule has 2 N–H and O–H groups in total. The van der Waals surface area contributed by atoms with Crippen molar-refractivity contribution in [2.45, 2.75) is 31.4 Å². The van der Waals surface area contributed by atoms with Crippen molar-refractivity contribution in [3.05, 3.63) is 22.4 Å². The van der Waals surface area contributed by atoms with E-state index in [0.29, 0.717) is 5.92 Å². The number of halogens is 1. The molecule has 1 aliphatic heterocycles. The van der Waals surface area contributed by atoms with Crippen LogP contribution in [0.3, 0.4) is 0 Å². The van der Waals surface area contributed by atoms with E-state index in [0.717, 1.165) is 30.7 Å². The van der Waals surface area contributed by atoms with Gasteiger partial charge in [-0.25, -0.2) is 0 Å². The molecule has 0 aliphatic carbocycles. The van der Waals surface area contributed by atoms with Crippen molar-refractivity contribution < 1.29 is 0 Å². The minimum atomic E-state index is 0. The van der Waals surface area contributed by atoms with Gasteiger partial charge in [0.25, 0.3) is 0 Å². The van der Waals surface area contributed by atoms with Gasteiger partial charge in [-0.15, -0.1) is 35.3 Å². The van der Waals surface area contributed by atoms with E-state index < -0.39 is 0 Å². The first-order valence-corrected chi connectivity index (χ1v) is 9.29. The van der Waals surface area contributed by atoms with Crippen LogP contribution in [0, 0.1) is 5.92 Å². The lowest BCUT2D eigenvalue weighted by Gasteiger charge is -2.17. The lowest BCUT2D eigenvalue weighted by Crippen LogP contribution is -2.42. The lowest BCUT2D eigenvalue weighted by atomic mass is 10.1. The van der Waals surface area contributed by atoms with Crippen LogP contribution in [-0.2, 0) is 6.42 Å². The number of thioether (sulfide) groups is 1. The van der Waals surface area contributed by atoms with Crippen LogP contribution in [0.4, 0.5) is 0 Å². The normalized spacial score (nSPS) is 19.9.